The quantitative estimate of drug-likeness (QED) is 0.649. The first-order valence-electron chi connectivity index (χ1n) is 10.8. The molecule has 1 aliphatic heterocycles. The van der Waals surface area contributed by atoms with Crippen LogP contribution in [0, 0.1) is 5.92 Å². The van der Waals surface area contributed by atoms with E-state index in [4.69, 9.17) is 0 Å². The molecule has 0 bridgehead atoms. The topological polar surface area (TPSA) is 65.2 Å². The third kappa shape index (κ3) is 4.73. The highest BCUT2D eigenvalue weighted by Crippen LogP contribution is 2.21. The van der Waals surface area contributed by atoms with E-state index in [1.54, 1.807) is 0 Å². The lowest BCUT2D eigenvalue weighted by Crippen LogP contribution is -2.47. The van der Waals surface area contributed by atoms with Crippen molar-refractivity contribution in [3.05, 3.63) is 71.9 Å². The number of fused-ring (bicyclic) bond motifs is 1. The highest BCUT2D eigenvalue weighted by molar-refractivity contribution is 5.98. The molecular formula is C25H29N3O2. The Kier molecular flexibility index (Phi) is 6.17. The second kappa shape index (κ2) is 9.16. The number of aromatic nitrogens is 1. The van der Waals surface area contributed by atoms with Gasteiger partial charge in [-0.2, -0.15) is 0 Å². The minimum atomic E-state index is -0.147. The highest BCUT2D eigenvalue weighted by Gasteiger charge is 2.30. The van der Waals surface area contributed by atoms with Gasteiger partial charge in [-0.1, -0.05) is 48.5 Å². The summed E-state index contributed by atoms with van der Waals surface area (Å²) in [5, 5.41) is 4.18. The van der Waals surface area contributed by atoms with E-state index >= 15 is 0 Å². The summed E-state index contributed by atoms with van der Waals surface area (Å²) in [6.07, 6.45) is 3.52. The van der Waals surface area contributed by atoms with Gasteiger partial charge >= 0.3 is 0 Å². The molecule has 30 heavy (non-hydrogen) atoms. The van der Waals surface area contributed by atoms with Gasteiger partial charge in [0.2, 0.25) is 5.91 Å². The van der Waals surface area contributed by atoms with Crippen LogP contribution >= 0.6 is 0 Å². The number of carbonyl (C=O) groups is 2. The Morgan fingerprint density at radius 3 is 2.70 bits per heavy atom. The fourth-order valence-corrected chi connectivity index (χ4v) is 4.20. The van der Waals surface area contributed by atoms with Gasteiger partial charge in [0.15, 0.2) is 0 Å². The molecule has 2 aromatic carbocycles. The lowest BCUT2D eigenvalue weighted by Gasteiger charge is -2.32. The molecule has 1 aliphatic rings. The van der Waals surface area contributed by atoms with Crippen LogP contribution in [-0.2, 0) is 11.2 Å². The average Bonchev–Trinajstić information content (AvgIpc) is 3.22. The second-order valence-corrected chi connectivity index (χ2v) is 8.29. The summed E-state index contributed by atoms with van der Waals surface area (Å²) in [6.45, 7) is 3.23. The Morgan fingerprint density at radius 1 is 1.13 bits per heavy atom. The number of para-hydroxylation sites is 1. The van der Waals surface area contributed by atoms with Crippen LogP contribution < -0.4 is 5.32 Å². The molecule has 2 heterocycles. The van der Waals surface area contributed by atoms with Crippen molar-refractivity contribution in [2.75, 3.05) is 13.1 Å². The number of aromatic amines is 1. The molecule has 0 radical (unpaired) electrons. The zero-order valence-electron chi connectivity index (χ0n) is 17.4. The molecule has 0 spiro atoms. The Hall–Kier alpha value is -3.08. The number of aryl methyl sites for hydroxylation is 1. The van der Waals surface area contributed by atoms with Gasteiger partial charge in [0.1, 0.15) is 5.69 Å². The number of piperidine rings is 1. The largest absolute Gasteiger partial charge is 0.353 e. The van der Waals surface area contributed by atoms with E-state index in [1.807, 2.05) is 53.4 Å². The van der Waals surface area contributed by atoms with Gasteiger partial charge in [-0.05, 0) is 50.3 Å². The normalized spacial score (nSPS) is 17.6. The Labute approximate surface area is 177 Å². The van der Waals surface area contributed by atoms with Crippen LogP contribution in [0.5, 0.6) is 0 Å². The van der Waals surface area contributed by atoms with Crippen LogP contribution in [0.2, 0.25) is 0 Å². The minimum Gasteiger partial charge on any atom is -0.353 e. The fourth-order valence-electron chi connectivity index (χ4n) is 4.20. The first kappa shape index (κ1) is 20.2. The Balaban J connectivity index is 1.32. The number of H-pyrrole nitrogens is 1. The Morgan fingerprint density at radius 2 is 1.90 bits per heavy atom. The van der Waals surface area contributed by atoms with Crippen molar-refractivity contribution in [1.82, 2.24) is 15.2 Å². The van der Waals surface area contributed by atoms with Gasteiger partial charge in [-0.25, -0.2) is 0 Å². The SMILES string of the molecule is C[C@H](CCc1ccccc1)NC(=O)[C@H]1CCCN(C(=O)c2cc3ccccc3[nH]2)C1. The van der Waals surface area contributed by atoms with Crippen molar-refractivity contribution >= 4 is 22.7 Å². The summed E-state index contributed by atoms with van der Waals surface area (Å²) in [7, 11) is 0. The van der Waals surface area contributed by atoms with Gasteiger partial charge in [-0.3, -0.25) is 9.59 Å². The molecule has 4 rings (SSSR count). The van der Waals surface area contributed by atoms with Gasteiger partial charge < -0.3 is 15.2 Å². The molecule has 1 fully saturated rings. The monoisotopic (exact) mass is 403 g/mol. The number of hydrogen-bond donors (Lipinski definition) is 2. The van der Waals surface area contributed by atoms with Crippen molar-refractivity contribution in [1.29, 1.82) is 0 Å². The molecule has 156 valence electrons. The zero-order chi connectivity index (χ0) is 20.9. The van der Waals surface area contributed by atoms with E-state index in [0.717, 1.165) is 36.6 Å². The van der Waals surface area contributed by atoms with E-state index < -0.39 is 0 Å². The van der Waals surface area contributed by atoms with Gasteiger partial charge in [-0.15, -0.1) is 0 Å². The van der Waals surface area contributed by atoms with Crippen molar-refractivity contribution in [2.45, 2.75) is 38.6 Å². The number of amides is 2. The average molecular weight is 404 g/mol. The number of rotatable bonds is 6. The predicted octanol–water partition coefficient (Wildman–Crippen LogP) is 4.16. The molecule has 5 heteroatoms. The van der Waals surface area contributed by atoms with Crippen molar-refractivity contribution in [2.24, 2.45) is 5.92 Å². The third-order valence-electron chi connectivity index (χ3n) is 5.94. The summed E-state index contributed by atoms with van der Waals surface area (Å²) < 4.78 is 0. The molecule has 1 saturated heterocycles. The molecule has 0 aliphatic carbocycles. The van der Waals surface area contributed by atoms with Crippen molar-refractivity contribution < 1.29 is 9.59 Å². The number of nitrogens with zero attached hydrogens (tertiary/aromatic N) is 1. The summed E-state index contributed by atoms with van der Waals surface area (Å²) in [6, 6.07) is 20.2. The van der Waals surface area contributed by atoms with Gasteiger partial charge in [0.25, 0.3) is 5.91 Å². The van der Waals surface area contributed by atoms with Gasteiger partial charge in [0, 0.05) is 30.0 Å². The maximum atomic E-state index is 13.0. The molecule has 2 amide bonds. The van der Waals surface area contributed by atoms with Crippen LogP contribution in [0.4, 0.5) is 0 Å². The highest BCUT2D eigenvalue weighted by atomic mass is 16.2. The smallest absolute Gasteiger partial charge is 0.270 e. The summed E-state index contributed by atoms with van der Waals surface area (Å²) in [5.74, 6) is -0.114. The summed E-state index contributed by atoms with van der Waals surface area (Å²) in [5.41, 5.74) is 2.83. The maximum absolute atomic E-state index is 13.0. The summed E-state index contributed by atoms with van der Waals surface area (Å²) in [4.78, 5) is 30.8. The minimum absolute atomic E-state index is 0.0270. The lowest BCUT2D eigenvalue weighted by atomic mass is 9.96. The van der Waals surface area contributed by atoms with E-state index in [9.17, 15) is 9.59 Å². The number of hydrogen-bond acceptors (Lipinski definition) is 2. The van der Waals surface area contributed by atoms with E-state index in [1.165, 1.54) is 5.56 Å². The molecule has 0 saturated carbocycles. The maximum Gasteiger partial charge on any atom is 0.270 e. The summed E-state index contributed by atoms with van der Waals surface area (Å²) >= 11 is 0. The van der Waals surface area contributed by atoms with E-state index in [0.29, 0.717) is 18.8 Å². The predicted molar refractivity (Wildman–Crippen MR) is 119 cm³/mol. The molecule has 0 unspecified atom stereocenters. The number of carbonyl (C=O) groups excluding carboxylic acids is 2. The molecular weight excluding hydrogens is 374 g/mol. The fraction of sp³-hybridized carbons (Fsp3) is 0.360. The first-order valence-corrected chi connectivity index (χ1v) is 10.8. The first-order chi connectivity index (χ1) is 14.6. The standard InChI is InChI=1S/C25H29N3O2/c1-18(13-14-19-8-3-2-4-9-19)26-24(29)21-11-7-15-28(17-21)25(30)23-16-20-10-5-6-12-22(20)27-23/h2-6,8-10,12,16,18,21,27H,7,11,13-15,17H2,1H3,(H,26,29)/t18-,21+/m1/s1. The molecule has 3 aromatic rings. The van der Waals surface area contributed by atoms with Crippen LogP contribution in [0.1, 0.15) is 42.2 Å². The van der Waals surface area contributed by atoms with Crippen LogP contribution in [0.15, 0.2) is 60.7 Å². The van der Waals surface area contributed by atoms with Crippen LogP contribution in [-0.4, -0.2) is 40.8 Å². The molecule has 2 N–H and O–H groups in total. The van der Waals surface area contributed by atoms with Crippen LogP contribution in [0.3, 0.4) is 0 Å². The number of nitrogens with one attached hydrogen (secondary N) is 2. The van der Waals surface area contributed by atoms with Crippen molar-refractivity contribution in [3.63, 3.8) is 0 Å². The van der Waals surface area contributed by atoms with E-state index in [-0.39, 0.29) is 23.8 Å². The van der Waals surface area contributed by atoms with Gasteiger partial charge in [0.05, 0.1) is 5.92 Å². The molecule has 5 nitrogen and oxygen atoms in total. The van der Waals surface area contributed by atoms with Crippen molar-refractivity contribution in [3.8, 4) is 0 Å². The lowest BCUT2D eigenvalue weighted by molar-refractivity contribution is -0.127. The van der Waals surface area contributed by atoms with E-state index in [2.05, 4.69) is 29.4 Å². The molecule has 2 atom stereocenters. The second-order valence-electron chi connectivity index (χ2n) is 8.29. The number of benzene rings is 2. The van der Waals surface area contributed by atoms with Crippen LogP contribution in [0.25, 0.3) is 10.9 Å². The number of likely N-dealkylation sites (tertiary alicyclic amines) is 1. The third-order valence-corrected chi connectivity index (χ3v) is 5.94. The Bertz CT molecular complexity index is 978. The molecule has 1 aromatic heterocycles. The zero-order valence-corrected chi connectivity index (χ0v) is 17.4.